The minimum atomic E-state index is -3.80. The lowest BCUT2D eigenvalue weighted by Crippen LogP contribution is -2.30. The molecule has 2 aromatic rings. The highest BCUT2D eigenvalue weighted by Gasteiger charge is 2.34. The second kappa shape index (κ2) is 7.23. The first-order valence-electron chi connectivity index (χ1n) is 8.35. The summed E-state index contributed by atoms with van der Waals surface area (Å²) >= 11 is 0. The molecule has 1 atom stereocenters. The molecule has 0 aliphatic carbocycles. The van der Waals surface area contributed by atoms with Gasteiger partial charge in [-0.15, -0.1) is 0 Å². The summed E-state index contributed by atoms with van der Waals surface area (Å²) in [5.74, 6) is -0.490. The van der Waals surface area contributed by atoms with Gasteiger partial charge >= 0.3 is 0 Å². The molecule has 0 saturated carbocycles. The first-order chi connectivity index (χ1) is 11.9. The van der Waals surface area contributed by atoms with Gasteiger partial charge in [-0.05, 0) is 54.5 Å². The van der Waals surface area contributed by atoms with E-state index in [1.807, 2.05) is 24.3 Å². The summed E-state index contributed by atoms with van der Waals surface area (Å²) in [5.41, 5.74) is 2.69. The van der Waals surface area contributed by atoms with Gasteiger partial charge in [0.1, 0.15) is 10.7 Å². The number of nitrogens with zero attached hydrogens (tertiary/aromatic N) is 1. The van der Waals surface area contributed by atoms with Crippen molar-refractivity contribution in [2.24, 2.45) is 5.92 Å². The number of hydrogen-bond acceptors (Lipinski definition) is 3. The van der Waals surface area contributed by atoms with Gasteiger partial charge in [-0.25, -0.2) is 12.8 Å². The lowest BCUT2D eigenvalue weighted by atomic mass is 9.98. The van der Waals surface area contributed by atoms with Crippen LogP contribution in [0.3, 0.4) is 0 Å². The van der Waals surface area contributed by atoms with Crippen LogP contribution in [0.25, 0.3) is 0 Å². The molecule has 0 unspecified atom stereocenters. The fraction of sp³-hybridized carbons (Fsp3) is 0.368. The average Bonchev–Trinajstić information content (AvgIpc) is 3.07. The van der Waals surface area contributed by atoms with Crippen molar-refractivity contribution in [3.8, 4) is 0 Å². The Hall–Kier alpha value is -1.76. The first-order valence-corrected chi connectivity index (χ1v) is 9.79. The van der Waals surface area contributed by atoms with E-state index in [1.54, 1.807) is 13.0 Å². The maximum absolute atomic E-state index is 14.0. The molecule has 3 rings (SSSR count). The van der Waals surface area contributed by atoms with Crippen molar-refractivity contribution in [1.82, 2.24) is 4.31 Å². The van der Waals surface area contributed by atoms with Crippen LogP contribution in [0, 0.1) is 18.7 Å². The molecule has 0 aromatic heterocycles. The van der Waals surface area contributed by atoms with Crippen LogP contribution in [0.5, 0.6) is 0 Å². The summed E-state index contributed by atoms with van der Waals surface area (Å²) in [5, 5.41) is 9.08. The van der Waals surface area contributed by atoms with Crippen LogP contribution in [0.15, 0.2) is 47.4 Å². The highest BCUT2D eigenvalue weighted by molar-refractivity contribution is 7.89. The molecule has 6 heteroatoms. The van der Waals surface area contributed by atoms with Gasteiger partial charge in [-0.1, -0.05) is 30.3 Å². The van der Waals surface area contributed by atoms with E-state index in [1.165, 1.54) is 16.4 Å². The van der Waals surface area contributed by atoms with Crippen molar-refractivity contribution in [2.45, 2.75) is 31.3 Å². The minimum absolute atomic E-state index is 0.0117. The molecule has 1 fully saturated rings. The Morgan fingerprint density at radius 3 is 2.52 bits per heavy atom. The Kier molecular flexibility index (Phi) is 5.22. The molecule has 1 heterocycles. The van der Waals surface area contributed by atoms with Crippen molar-refractivity contribution in [1.29, 1.82) is 0 Å². The van der Waals surface area contributed by atoms with Gasteiger partial charge in [0.2, 0.25) is 10.0 Å². The molecular formula is C19H22FNO3S. The third-order valence-electron chi connectivity index (χ3n) is 4.68. The van der Waals surface area contributed by atoms with E-state index in [0.29, 0.717) is 13.1 Å². The number of aliphatic hydroxyl groups is 1. The zero-order valence-corrected chi connectivity index (χ0v) is 15.0. The molecule has 2 aromatic carbocycles. The van der Waals surface area contributed by atoms with Gasteiger partial charge in [0.25, 0.3) is 0 Å². The molecular weight excluding hydrogens is 341 g/mol. The number of benzene rings is 2. The highest BCUT2D eigenvalue weighted by Crippen LogP contribution is 2.28. The highest BCUT2D eigenvalue weighted by atomic mass is 32.2. The molecule has 25 heavy (non-hydrogen) atoms. The molecule has 1 aliphatic heterocycles. The van der Waals surface area contributed by atoms with E-state index in [0.717, 1.165) is 29.5 Å². The van der Waals surface area contributed by atoms with E-state index in [-0.39, 0.29) is 17.4 Å². The normalized spacial score (nSPS) is 18.6. The van der Waals surface area contributed by atoms with Crippen molar-refractivity contribution in [3.63, 3.8) is 0 Å². The SMILES string of the molecule is Cc1ccc(F)c(S(=O)(=O)N2CC[C@H](Cc3ccc(CO)cc3)C2)c1. The number of aryl methyl sites for hydroxylation is 1. The van der Waals surface area contributed by atoms with Crippen molar-refractivity contribution in [3.05, 3.63) is 65.0 Å². The maximum atomic E-state index is 14.0. The van der Waals surface area contributed by atoms with Gasteiger partial charge in [0.15, 0.2) is 0 Å². The number of sulfonamides is 1. The summed E-state index contributed by atoms with van der Waals surface area (Å²) in [7, 11) is -3.80. The lowest BCUT2D eigenvalue weighted by Gasteiger charge is -2.17. The Bertz CT molecular complexity index is 849. The Morgan fingerprint density at radius 1 is 1.16 bits per heavy atom. The van der Waals surface area contributed by atoms with E-state index in [2.05, 4.69) is 0 Å². The number of aliphatic hydroxyl groups excluding tert-OH is 1. The quantitative estimate of drug-likeness (QED) is 0.889. The molecule has 0 radical (unpaired) electrons. The summed E-state index contributed by atoms with van der Waals surface area (Å²) in [6.07, 6.45) is 1.53. The van der Waals surface area contributed by atoms with E-state index >= 15 is 0 Å². The summed E-state index contributed by atoms with van der Waals surface area (Å²) in [6.45, 7) is 2.58. The van der Waals surface area contributed by atoms with Crippen LogP contribution >= 0.6 is 0 Å². The van der Waals surface area contributed by atoms with E-state index in [4.69, 9.17) is 5.11 Å². The molecule has 1 N–H and O–H groups in total. The Labute approximate surface area is 148 Å². The van der Waals surface area contributed by atoms with Gasteiger partial charge in [0, 0.05) is 13.1 Å². The van der Waals surface area contributed by atoms with Gasteiger partial charge in [0.05, 0.1) is 6.61 Å². The number of halogens is 1. The number of hydrogen-bond donors (Lipinski definition) is 1. The molecule has 1 saturated heterocycles. The summed E-state index contributed by atoms with van der Waals surface area (Å²) in [6, 6.07) is 11.8. The Morgan fingerprint density at radius 2 is 1.84 bits per heavy atom. The van der Waals surface area contributed by atoms with Crippen LogP contribution in [0.1, 0.15) is 23.1 Å². The first kappa shape index (κ1) is 18.0. The molecule has 4 nitrogen and oxygen atoms in total. The summed E-state index contributed by atoms with van der Waals surface area (Å²) in [4.78, 5) is -0.236. The van der Waals surface area contributed by atoms with Gasteiger partial charge in [-0.2, -0.15) is 4.31 Å². The van der Waals surface area contributed by atoms with Crippen LogP contribution in [0.4, 0.5) is 4.39 Å². The molecule has 0 amide bonds. The van der Waals surface area contributed by atoms with Gasteiger partial charge < -0.3 is 5.11 Å². The minimum Gasteiger partial charge on any atom is -0.392 e. The molecule has 1 aliphatic rings. The fourth-order valence-electron chi connectivity index (χ4n) is 3.24. The second-order valence-electron chi connectivity index (χ2n) is 6.63. The second-order valence-corrected chi connectivity index (χ2v) is 8.54. The zero-order valence-electron chi connectivity index (χ0n) is 14.2. The average molecular weight is 363 g/mol. The van der Waals surface area contributed by atoms with Crippen molar-refractivity contribution >= 4 is 10.0 Å². The van der Waals surface area contributed by atoms with Crippen molar-refractivity contribution < 1.29 is 17.9 Å². The number of rotatable bonds is 5. The van der Waals surface area contributed by atoms with Crippen LogP contribution < -0.4 is 0 Å². The predicted octanol–water partition coefficient (Wildman–Crippen LogP) is 2.88. The predicted molar refractivity (Wildman–Crippen MR) is 94.1 cm³/mol. The van der Waals surface area contributed by atoms with E-state index in [9.17, 15) is 12.8 Å². The third-order valence-corrected chi connectivity index (χ3v) is 6.56. The summed E-state index contributed by atoms with van der Waals surface area (Å²) < 4.78 is 40.9. The Balaban J connectivity index is 1.72. The van der Waals surface area contributed by atoms with Crippen LogP contribution in [0.2, 0.25) is 0 Å². The third kappa shape index (κ3) is 3.92. The van der Waals surface area contributed by atoms with Crippen LogP contribution in [-0.2, 0) is 23.1 Å². The fourth-order valence-corrected chi connectivity index (χ4v) is 4.92. The largest absolute Gasteiger partial charge is 0.392 e. The smallest absolute Gasteiger partial charge is 0.246 e. The van der Waals surface area contributed by atoms with Gasteiger partial charge in [-0.3, -0.25) is 0 Å². The molecule has 134 valence electrons. The lowest BCUT2D eigenvalue weighted by molar-refractivity contribution is 0.282. The monoisotopic (exact) mass is 363 g/mol. The molecule has 0 spiro atoms. The molecule has 0 bridgehead atoms. The topological polar surface area (TPSA) is 57.6 Å². The van der Waals surface area contributed by atoms with Crippen molar-refractivity contribution in [2.75, 3.05) is 13.1 Å². The standard InChI is InChI=1S/C19H22FNO3S/c1-14-2-7-18(20)19(10-14)25(23,24)21-9-8-17(12-21)11-15-3-5-16(13-22)6-4-15/h2-7,10,17,22H,8-9,11-13H2,1H3/t17-/m1/s1. The zero-order chi connectivity index (χ0) is 18.0. The maximum Gasteiger partial charge on any atom is 0.246 e. The van der Waals surface area contributed by atoms with E-state index < -0.39 is 15.8 Å². The van der Waals surface area contributed by atoms with Crippen LogP contribution in [-0.4, -0.2) is 30.9 Å².